The van der Waals surface area contributed by atoms with E-state index in [0.29, 0.717) is 5.82 Å². The van der Waals surface area contributed by atoms with E-state index < -0.39 is 0 Å². The van der Waals surface area contributed by atoms with Gasteiger partial charge in [-0.05, 0) is 92.2 Å². The second-order valence-corrected chi connectivity index (χ2v) is 8.49. The summed E-state index contributed by atoms with van der Waals surface area (Å²) in [5, 5.41) is 19.9. The number of hydrogen-bond donors (Lipinski definition) is 1. The number of aromatic amines is 1. The van der Waals surface area contributed by atoms with E-state index in [4.69, 9.17) is 0 Å². The number of aromatic nitrogens is 4. The molecule has 33 heavy (non-hydrogen) atoms. The largest absolute Gasteiger partial charge is 0.204 e. The third-order valence-corrected chi connectivity index (χ3v) is 6.44. The first-order chi connectivity index (χ1) is 16.2. The van der Waals surface area contributed by atoms with Gasteiger partial charge in [-0.25, -0.2) is 0 Å². The van der Waals surface area contributed by atoms with Gasteiger partial charge >= 0.3 is 0 Å². The molecule has 158 valence electrons. The third kappa shape index (κ3) is 3.28. The Bertz CT molecular complexity index is 1530. The van der Waals surface area contributed by atoms with E-state index in [2.05, 4.69) is 125 Å². The highest BCUT2D eigenvalue weighted by molar-refractivity contribution is 6.02. The maximum absolute atomic E-state index is 4.26. The molecule has 1 aromatic heterocycles. The lowest BCUT2D eigenvalue weighted by molar-refractivity contribution is 0.881. The maximum Gasteiger partial charge on any atom is 0.204 e. The van der Waals surface area contributed by atoms with Crippen molar-refractivity contribution in [2.75, 3.05) is 0 Å². The lowest BCUT2D eigenvalue weighted by Crippen LogP contribution is -1.91. The molecule has 0 spiro atoms. The van der Waals surface area contributed by atoms with E-state index in [1.54, 1.807) is 0 Å². The second-order valence-electron chi connectivity index (χ2n) is 8.49. The van der Waals surface area contributed by atoms with Gasteiger partial charge in [0.15, 0.2) is 0 Å². The van der Waals surface area contributed by atoms with Crippen LogP contribution in [-0.4, -0.2) is 20.6 Å². The Kier molecular flexibility index (Phi) is 4.51. The first kappa shape index (κ1) is 19.4. The number of tetrazole rings is 1. The molecule has 0 unspecified atom stereocenters. The molecule has 0 bridgehead atoms. The molecule has 0 saturated heterocycles. The average Bonchev–Trinajstić information content (AvgIpc) is 3.40. The highest BCUT2D eigenvalue weighted by Crippen LogP contribution is 2.38. The molecule has 0 aliphatic heterocycles. The smallest absolute Gasteiger partial charge is 0.177 e. The first-order valence-corrected chi connectivity index (χ1v) is 11.1. The molecule has 1 heterocycles. The minimum absolute atomic E-state index is 0.589. The van der Waals surface area contributed by atoms with Gasteiger partial charge in [-0.3, -0.25) is 0 Å². The zero-order valence-corrected chi connectivity index (χ0v) is 18.5. The van der Waals surface area contributed by atoms with Gasteiger partial charge in [0.1, 0.15) is 0 Å². The van der Waals surface area contributed by atoms with Crippen LogP contribution in [-0.2, 0) is 0 Å². The van der Waals surface area contributed by atoms with Gasteiger partial charge in [-0.1, -0.05) is 72.8 Å². The molecule has 0 aliphatic rings. The number of fused-ring (bicyclic) bond motifs is 2. The topological polar surface area (TPSA) is 54.5 Å². The second kappa shape index (κ2) is 7.68. The Morgan fingerprint density at radius 3 is 1.52 bits per heavy atom. The average molecular weight is 427 g/mol. The standard InChI is InChI=1S/C29H22N4/c1-18-11-13-25(27-9-5-3-7-23(18)27)20-15-21(17-22(16-20)29-30-32-33-31-29)26-14-12-19(2)24-8-4-6-10-28(24)26/h3-17H,1-2H3,(H,30,31,32,33). The van der Waals surface area contributed by atoms with Crippen molar-refractivity contribution >= 4 is 21.5 Å². The van der Waals surface area contributed by atoms with Crippen LogP contribution in [0.1, 0.15) is 11.1 Å². The molecule has 6 rings (SSSR count). The number of nitrogens with one attached hydrogen (secondary N) is 1. The van der Waals surface area contributed by atoms with E-state index in [0.717, 1.165) is 16.7 Å². The van der Waals surface area contributed by atoms with Crippen molar-refractivity contribution < 1.29 is 0 Å². The Morgan fingerprint density at radius 1 is 0.545 bits per heavy atom. The van der Waals surface area contributed by atoms with Crippen LogP contribution >= 0.6 is 0 Å². The molecule has 0 saturated carbocycles. The number of aryl methyl sites for hydroxylation is 2. The van der Waals surface area contributed by atoms with E-state index in [9.17, 15) is 0 Å². The summed E-state index contributed by atoms with van der Waals surface area (Å²) in [6, 6.07) is 32.5. The molecule has 0 radical (unpaired) electrons. The zero-order valence-electron chi connectivity index (χ0n) is 18.5. The monoisotopic (exact) mass is 426 g/mol. The van der Waals surface area contributed by atoms with Crippen LogP contribution in [0.5, 0.6) is 0 Å². The van der Waals surface area contributed by atoms with E-state index in [1.165, 1.54) is 43.8 Å². The molecule has 0 aliphatic carbocycles. The van der Waals surface area contributed by atoms with E-state index >= 15 is 0 Å². The van der Waals surface area contributed by atoms with Crippen LogP contribution in [0.15, 0.2) is 91.0 Å². The van der Waals surface area contributed by atoms with Crippen molar-refractivity contribution in [3.8, 4) is 33.6 Å². The fraction of sp³-hybridized carbons (Fsp3) is 0.0690. The van der Waals surface area contributed by atoms with Crippen molar-refractivity contribution in [3.63, 3.8) is 0 Å². The molecule has 4 nitrogen and oxygen atoms in total. The predicted octanol–water partition coefficient (Wildman–Crippen LogP) is 7.12. The van der Waals surface area contributed by atoms with Crippen LogP contribution in [0.4, 0.5) is 0 Å². The minimum atomic E-state index is 0.589. The summed E-state index contributed by atoms with van der Waals surface area (Å²) in [6.45, 7) is 4.32. The van der Waals surface area contributed by atoms with Crippen molar-refractivity contribution in [1.82, 2.24) is 20.6 Å². The Morgan fingerprint density at radius 2 is 1.03 bits per heavy atom. The molecular formula is C29H22N4. The van der Waals surface area contributed by atoms with Crippen molar-refractivity contribution in [1.29, 1.82) is 0 Å². The lowest BCUT2D eigenvalue weighted by Gasteiger charge is -2.14. The van der Waals surface area contributed by atoms with Gasteiger partial charge in [-0.2, -0.15) is 5.21 Å². The summed E-state index contributed by atoms with van der Waals surface area (Å²) in [7, 11) is 0. The Balaban J connectivity index is 1.66. The molecule has 0 fully saturated rings. The number of benzene rings is 5. The summed E-state index contributed by atoms with van der Waals surface area (Å²) in [5.41, 5.74) is 8.13. The Labute approximate surface area is 191 Å². The number of hydrogen-bond acceptors (Lipinski definition) is 3. The molecular weight excluding hydrogens is 404 g/mol. The number of nitrogens with zero attached hydrogens (tertiary/aromatic N) is 3. The molecule has 0 amide bonds. The van der Waals surface area contributed by atoms with Gasteiger partial charge in [-0.15, -0.1) is 10.2 Å². The lowest BCUT2D eigenvalue weighted by atomic mass is 9.90. The summed E-state index contributed by atoms with van der Waals surface area (Å²) in [6.07, 6.45) is 0. The van der Waals surface area contributed by atoms with E-state index in [-0.39, 0.29) is 0 Å². The normalized spacial score (nSPS) is 11.3. The number of H-pyrrole nitrogens is 1. The quantitative estimate of drug-likeness (QED) is 0.328. The molecule has 6 aromatic rings. The van der Waals surface area contributed by atoms with Crippen LogP contribution < -0.4 is 0 Å². The minimum Gasteiger partial charge on any atom is -0.177 e. The van der Waals surface area contributed by atoms with Crippen molar-refractivity contribution in [2.45, 2.75) is 13.8 Å². The summed E-state index contributed by atoms with van der Waals surface area (Å²) in [4.78, 5) is 0. The highest BCUT2D eigenvalue weighted by Gasteiger charge is 2.14. The summed E-state index contributed by atoms with van der Waals surface area (Å²) >= 11 is 0. The maximum atomic E-state index is 4.26. The molecule has 1 N–H and O–H groups in total. The SMILES string of the molecule is Cc1ccc(-c2cc(-c3nn[nH]n3)cc(-c3ccc(C)c4ccccc34)c2)c2ccccc12. The van der Waals surface area contributed by atoms with E-state index in [1.807, 2.05) is 0 Å². The molecule has 0 atom stereocenters. The fourth-order valence-electron chi connectivity index (χ4n) is 4.75. The first-order valence-electron chi connectivity index (χ1n) is 11.1. The summed E-state index contributed by atoms with van der Waals surface area (Å²) in [5.74, 6) is 0.589. The van der Waals surface area contributed by atoms with Crippen LogP contribution in [0, 0.1) is 13.8 Å². The van der Waals surface area contributed by atoms with Gasteiger partial charge in [0, 0.05) is 5.56 Å². The summed E-state index contributed by atoms with van der Waals surface area (Å²) < 4.78 is 0. The van der Waals surface area contributed by atoms with Crippen LogP contribution in [0.2, 0.25) is 0 Å². The Hall–Kier alpha value is -4.31. The van der Waals surface area contributed by atoms with Gasteiger partial charge in [0.2, 0.25) is 5.82 Å². The fourth-order valence-corrected chi connectivity index (χ4v) is 4.75. The van der Waals surface area contributed by atoms with Crippen molar-refractivity contribution in [2.24, 2.45) is 0 Å². The zero-order chi connectivity index (χ0) is 22.4. The van der Waals surface area contributed by atoms with Gasteiger partial charge in [0.05, 0.1) is 0 Å². The number of rotatable bonds is 3. The molecule has 5 aromatic carbocycles. The van der Waals surface area contributed by atoms with Gasteiger partial charge in [0.25, 0.3) is 0 Å². The molecule has 4 heteroatoms. The van der Waals surface area contributed by atoms with Crippen LogP contribution in [0.3, 0.4) is 0 Å². The third-order valence-electron chi connectivity index (χ3n) is 6.44. The van der Waals surface area contributed by atoms with Crippen LogP contribution in [0.25, 0.3) is 55.2 Å². The van der Waals surface area contributed by atoms with Crippen molar-refractivity contribution in [3.05, 3.63) is 102 Å². The predicted molar refractivity (Wildman–Crippen MR) is 135 cm³/mol. The van der Waals surface area contributed by atoms with Gasteiger partial charge < -0.3 is 0 Å². The highest BCUT2D eigenvalue weighted by atomic mass is 15.5.